The Hall–Kier alpha value is -1.89. The van der Waals surface area contributed by atoms with E-state index in [1.165, 1.54) is 24.4 Å². The fraction of sp³-hybridized carbons (Fsp3) is 0.200. The minimum absolute atomic E-state index is 0.354. The van der Waals surface area contributed by atoms with Gasteiger partial charge in [-0.15, -0.1) is 10.2 Å². The highest BCUT2D eigenvalue weighted by Gasteiger charge is 2.33. The highest BCUT2D eigenvalue weighted by Crippen LogP contribution is 2.52. The summed E-state index contributed by atoms with van der Waals surface area (Å²) in [6.07, 6.45) is 2.61. The predicted octanol–water partition coefficient (Wildman–Crippen LogP) is 0.707. The lowest BCUT2D eigenvalue weighted by molar-refractivity contribution is 0.355. The summed E-state index contributed by atoms with van der Waals surface area (Å²) < 4.78 is 18.0. The van der Waals surface area contributed by atoms with E-state index in [4.69, 9.17) is 4.74 Å². The molecule has 1 heterocycles. The highest BCUT2D eigenvalue weighted by atomic mass is 31.2. The van der Waals surface area contributed by atoms with Crippen molar-refractivity contribution in [3.05, 3.63) is 42.5 Å². The summed E-state index contributed by atoms with van der Waals surface area (Å²) in [4.78, 5) is 19.0. The van der Waals surface area contributed by atoms with Crippen molar-refractivity contribution in [1.82, 2.24) is 14.9 Å². The molecule has 2 aromatic rings. The molecule has 0 amide bonds. The van der Waals surface area contributed by atoms with Crippen molar-refractivity contribution in [1.29, 1.82) is 0 Å². The summed E-state index contributed by atoms with van der Waals surface area (Å²) in [6, 6.07) is 6.61. The summed E-state index contributed by atoms with van der Waals surface area (Å²) in [5.41, 5.74) is 2.99. The van der Waals surface area contributed by atoms with Crippen molar-refractivity contribution in [3.63, 3.8) is 0 Å². The molecule has 0 saturated heterocycles. The number of para-hydroxylation sites is 1. The van der Waals surface area contributed by atoms with Crippen LogP contribution < -0.4 is 10.2 Å². The fourth-order valence-corrected chi connectivity index (χ4v) is 2.49. The Bertz CT molecular complexity index is 583. The molecule has 0 bridgehead atoms. The molecule has 3 N–H and O–H groups in total. The van der Waals surface area contributed by atoms with E-state index in [9.17, 15) is 14.4 Å². The quantitative estimate of drug-likeness (QED) is 0.693. The van der Waals surface area contributed by atoms with Crippen molar-refractivity contribution in [2.24, 2.45) is 0 Å². The largest absolute Gasteiger partial charge is 0.496 e. The van der Waals surface area contributed by atoms with Crippen LogP contribution in [0.25, 0.3) is 0 Å². The molecule has 9 heteroatoms. The number of nitrogens with zero attached hydrogens (tertiary/aromatic N) is 3. The molecule has 19 heavy (non-hydrogen) atoms. The third-order valence-corrected chi connectivity index (χ3v) is 3.53. The number of benzene rings is 1. The molecule has 1 aromatic heterocycles. The van der Waals surface area contributed by atoms with Gasteiger partial charge in [0.05, 0.1) is 7.11 Å². The monoisotopic (exact) mass is 284 g/mol. The average molecular weight is 284 g/mol. The first-order valence-corrected chi connectivity index (χ1v) is 7.00. The molecule has 0 unspecified atom stereocenters. The van der Waals surface area contributed by atoms with Gasteiger partial charge in [0, 0.05) is 5.56 Å². The van der Waals surface area contributed by atoms with E-state index in [1.54, 1.807) is 24.3 Å². The lowest BCUT2D eigenvalue weighted by Crippen LogP contribution is -2.20. The normalized spacial score (nSPS) is 13.0. The standard InChI is InChI=1S/C10H13N4O4P/c1-18-9-5-3-2-4-8(9)10(19(15,16)17)13-14-6-11-12-7-14/h2-7,10,13H,1H3,(H2,15,16,17)/t10-/m0/s1. The van der Waals surface area contributed by atoms with Crippen LogP contribution in [0, 0.1) is 0 Å². The van der Waals surface area contributed by atoms with Crippen molar-refractivity contribution < 1.29 is 19.1 Å². The second-order valence-electron chi connectivity index (χ2n) is 3.73. The number of hydrogen-bond donors (Lipinski definition) is 3. The number of aromatic nitrogens is 3. The Morgan fingerprint density at radius 2 is 1.95 bits per heavy atom. The molecule has 1 atom stereocenters. The smallest absolute Gasteiger partial charge is 0.353 e. The number of nitrogens with one attached hydrogen (secondary N) is 1. The molecule has 0 fully saturated rings. The van der Waals surface area contributed by atoms with Crippen LogP contribution >= 0.6 is 7.60 Å². The van der Waals surface area contributed by atoms with Crippen LogP contribution in [0.5, 0.6) is 5.75 Å². The first-order valence-electron chi connectivity index (χ1n) is 5.31. The SMILES string of the molecule is COc1ccccc1[C@@H](Nn1cnnc1)P(=O)(O)O. The Balaban J connectivity index is 2.40. The molecule has 8 nitrogen and oxygen atoms in total. The van der Waals surface area contributed by atoms with Crippen molar-refractivity contribution in [2.45, 2.75) is 5.78 Å². The van der Waals surface area contributed by atoms with Crippen molar-refractivity contribution in [3.8, 4) is 5.75 Å². The van der Waals surface area contributed by atoms with Gasteiger partial charge >= 0.3 is 7.60 Å². The second-order valence-corrected chi connectivity index (χ2v) is 5.43. The first kappa shape index (κ1) is 13.5. The van der Waals surface area contributed by atoms with E-state index >= 15 is 0 Å². The summed E-state index contributed by atoms with van der Waals surface area (Å²) >= 11 is 0. The van der Waals surface area contributed by atoms with Gasteiger partial charge in [-0.3, -0.25) is 4.57 Å². The lowest BCUT2D eigenvalue weighted by atomic mass is 10.2. The van der Waals surface area contributed by atoms with Crippen molar-refractivity contribution >= 4 is 7.60 Å². The Morgan fingerprint density at radius 3 is 2.53 bits per heavy atom. The van der Waals surface area contributed by atoms with Gasteiger partial charge in [0.25, 0.3) is 0 Å². The minimum atomic E-state index is -4.45. The van der Waals surface area contributed by atoms with Gasteiger partial charge in [-0.2, -0.15) is 0 Å². The van der Waals surface area contributed by atoms with Gasteiger partial charge in [0.15, 0.2) is 5.78 Å². The summed E-state index contributed by atoms with van der Waals surface area (Å²) in [5.74, 6) is -0.865. The van der Waals surface area contributed by atoms with Crippen LogP contribution in [-0.2, 0) is 4.57 Å². The van der Waals surface area contributed by atoms with E-state index in [2.05, 4.69) is 15.6 Å². The van der Waals surface area contributed by atoms with Gasteiger partial charge in [-0.1, -0.05) is 18.2 Å². The van der Waals surface area contributed by atoms with E-state index in [1.807, 2.05) is 0 Å². The summed E-state index contributed by atoms with van der Waals surface area (Å²) in [7, 11) is -3.01. The third kappa shape index (κ3) is 3.11. The maximum absolute atomic E-state index is 11.6. The number of hydrogen-bond acceptors (Lipinski definition) is 5. The lowest BCUT2D eigenvalue weighted by Gasteiger charge is -2.22. The van der Waals surface area contributed by atoms with Crippen LogP contribution in [0.4, 0.5) is 0 Å². The van der Waals surface area contributed by atoms with E-state index < -0.39 is 13.4 Å². The predicted molar refractivity (Wildman–Crippen MR) is 67.2 cm³/mol. The number of rotatable bonds is 5. The summed E-state index contributed by atoms with van der Waals surface area (Å²) in [5, 5.41) is 7.12. The number of methoxy groups -OCH3 is 1. The molecule has 1 aromatic carbocycles. The Kier molecular flexibility index (Phi) is 3.84. The maximum Gasteiger partial charge on any atom is 0.353 e. The zero-order valence-corrected chi connectivity index (χ0v) is 10.9. The molecule has 0 spiro atoms. The topological polar surface area (TPSA) is 110 Å². The zero-order valence-electron chi connectivity index (χ0n) is 10.0. The molecule has 0 aliphatic heterocycles. The molecule has 0 saturated carbocycles. The Labute approximate surface area is 109 Å². The maximum atomic E-state index is 11.6. The van der Waals surface area contributed by atoms with Crippen LogP contribution in [0.3, 0.4) is 0 Å². The van der Waals surface area contributed by atoms with Crippen molar-refractivity contribution in [2.75, 3.05) is 12.5 Å². The molecule has 102 valence electrons. The van der Waals surface area contributed by atoms with E-state index in [-0.39, 0.29) is 0 Å². The minimum Gasteiger partial charge on any atom is -0.496 e. The molecular formula is C10H13N4O4P. The number of ether oxygens (including phenoxy) is 1. The van der Waals surface area contributed by atoms with Gasteiger partial charge in [-0.25, -0.2) is 4.68 Å². The van der Waals surface area contributed by atoms with Crippen LogP contribution in [0.2, 0.25) is 0 Å². The highest BCUT2D eigenvalue weighted by molar-refractivity contribution is 7.52. The van der Waals surface area contributed by atoms with Gasteiger partial charge < -0.3 is 19.9 Å². The second kappa shape index (κ2) is 5.40. The van der Waals surface area contributed by atoms with Crippen LogP contribution in [0.15, 0.2) is 36.9 Å². The van der Waals surface area contributed by atoms with Gasteiger partial charge in [-0.05, 0) is 6.07 Å². The first-order chi connectivity index (χ1) is 9.02. The van der Waals surface area contributed by atoms with Gasteiger partial charge in [0.1, 0.15) is 18.4 Å². The van der Waals surface area contributed by atoms with Crippen LogP contribution in [-0.4, -0.2) is 31.8 Å². The molecule has 0 radical (unpaired) electrons. The Morgan fingerprint density at radius 1 is 1.32 bits per heavy atom. The summed E-state index contributed by atoms with van der Waals surface area (Å²) in [6.45, 7) is 0. The molecular weight excluding hydrogens is 271 g/mol. The molecule has 2 rings (SSSR count). The van der Waals surface area contributed by atoms with E-state index in [0.717, 1.165) is 0 Å². The van der Waals surface area contributed by atoms with E-state index in [0.29, 0.717) is 11.3 Å². The van der Waals surface area contributed by atoms with Crippen LogP contribution in [0.1, 0.15) is 11.3 Å². The molecule has 0 aliphatic rings. The average Bonchev–Trinajstić information content (AvgIpc) is 2.87. The fourth-order valence-electron chi connectivity index (χ4n) is 1.63. The third-order valence-electron chi connectivity index (χ3n) is 2.46. The van der Waals surface area contributed by atoms with Gasteiger partial charge in [0.2, 0.25) is 0 Å². The molecule has 0 aliphatic carbocycles. The zero-order chi connectivity index (χ0) is 13.9.